The SMILES string of the molecule is CC(C)CCCC[O]. The highest BCUT2D eigenvalue weighted by molar-refractivity contribution is 4.44. The van der Waals surface area contributed by atoms with Gasteiger partial charge in [-0.2, -0.15) is 0 Å². The lowest BCUT2D eigenvalue weighted by molar-refractivity contribution is 0.184. The van der Waals surface area contributed by atoms with Gasteiger partial charge in [0.15, 0.2) is 0 Å². The van der Waals surface area contributed by atoms with E-state index < -0.39 is 0 Å². The van der Waals surface area contributed by atoms with Gasteiger partial charge in [0.1, 0.15) is 0 Å². The molecule has 0 bridgehead atoms. The second kappa shape index (κ2) is 5.10. The van der Waals surface area contributed by atoms with Crippen molar-refractivity contribution >= 4 is 0 Å². The quantitative estimate of drug-likeness (QED) is 0.501. The van der Waals surface area contributed by atoms with Crippen molar-refractivity contribution in [3.63, 3.8) is 0 Å². The summed E-state index contributed by atoms with van der Waals surface area (Å²) in [7, 11) is 0. The largest absolute Gasteiger partial charge is 0.237 e. The van der Waals surface area contributed by atoms with Gasteiger partial charge in [0.2, 0.25) is 0 Å². The topological polar surface area (TPSA) is 19.9 Å². The molecule has 0 unspecified atom stereocenters. The van der Waals surface area contributed by atoms with E-state index >= 15 is 0 Å². The van der Waals surface area contributed by atoms with Crippen molar-refractivity contribution in [1.29, 1.82) is 0 Å². The smallest absolute Gasteiger partial charge is 0.0822 e. The van der Waals surface area contributed by atoms with E-state index in [9.17, 15) is 5.11 Å². The molecule has 0 aliphatic carbocycles. The summed E-state index contributed by atoms with van der Waals surface area (Å²) >= 11 is 0. The minimum absolute atomic E-state index is 0.104. The van der Waals surface area contributed by atoms with Gasteiger partial charge in [-0.3, -0.25) is 0 Å². The van der Waals surface area contributed by atoms with Crippen LogP contribution in [0, 0.1) is 5.92 Å². The number of hydrogen-bond donors (Lipinski definition) is 0. The molecule has 0 N–H and O–H groups in total. The van der Waals surface area contributed by atoms with Crippen molar-refractivity contribution < 1.29 is 5.11 Å². The van der Waals surface area contributed by atoms with Crippen LogP contribution in [0.15, 0.2) is 0 Å². The Morgan fingerprint density at radius 2 is 1.88 bits per heavy atom. The molecule has 0 heterocycles. The van der Waals surface area contributed by atoms with Crippen LogP contribution in [0.2, 0.25) is 0 Å². The van der Waals surface area contributed by atoms with E-state index in [1.54, 1.807) is 0 Å². The van der Waals surface area contributed by atoms with E-state index in [-0.39, 0.29) is 6.61 Å². The van der Waals surface area contributed by atoms with Gasteiger partial charge in [0, 0.05) is 0 Å². The van der Waals surface area contributed by atoms with Gasteiger partial charge in [-0.05, 0) is 12.3 Å². The van der Waals surface area contributed by atoms with Crippen molar-refractivity contribution in [3.05, 3.63) is 0 Å². The summed E-state index contributed by atoms with van der Waals surface area (Å²) in [5, 5.41) is 9.91. The number of hydrogen-bond acceptors (Lipinski definition) is 0. The summed E-state index contributed by atoms with van der Waals surface area (Å²) in [6.45, 7) is 4.47. The Bertz CT molecular complexity index is 41.7. The van der Waals surface area contributed by atoms with Crippen LogP contribution in [-0.2, 0) is 5.11 Å². The maximum absolute atomic E-state index is 9.91. The fourth-order valence-electron chi connectivity index (χ4n) is 0.655. The molecule has 0 aliphatic rings. The summed E-state index contributed by atoms with van der Waals surface area (Å²) in [5.74, 6) is 0.765. The van der Waals surface area contributed by atoms with Crippen molar-refractivity contribution in [2.75, 3.05) is 6.61 Å². The van der Waals surface area contributed by atoms with Crippen LogP contribution in [0.3, 0.4) is 0 Å². The lowest BCUT2D eigenvalue weighted by Crippen LogP contribution is -1.87. The Morgan fingerprint density at radius 1 is 1.25 bits per heavy atom. The van der Waals surface area contributed by atoms with Gasteiger partial charge < -0.3 is 0 Å². The fraction of sp³-hybridized carbons (Fsp3) is 1.00. The zero-order valence-corrected chi connectivity index (χ0v) is 5.81. The molecule has 1 radical (unpaired) electrons. The standard InChI is InChI=1S/C7H15O/c1-7(2)5-3-4-6-8/h7H,3-6H2,1-2H3. The first-order chi connectivity index (χ1) is 3.77. The minimum Gasteiger partial charge on any atom is -0.237 e. The molecule has 0 aromatic heterocycles. The highest BCUT2D eigenvalue weighted by atomic mass is 16.2. The summed E-state index contributed by atoms with van der Waals surface area (Å²) in [5.41, 5.74) is 0. The second-order valence-corrected chi connectivity index (χ2v) is 2.59. The molecule has 0 saturated carbocycles. The molecule has 8 heavy (non-hydrogen) atoms. The molecule has 0 spiro atoms. The third kappa shape index (κ3) is 5.96. The van der Waals surface area contributed by atoms with E-state index in [0.717, 1.165) is 18.8 Å². The van der Waals surface area contributed by atoms with Crippen molar-refractivity contribution in [2.24, 2.45) is 5.92 Å². The van der Waals surface area contributed by atoms with Gasteiger partial charge in [-0.25, -0.2) is 5.11 Å². The zero-order valence-electron chi connectivity index (χ0n) is 5.81. The predicted octanol–water partition coefficient (Wildman–Crippen LogP) is 2.24. The van der Waals surface area contributed by atoms with Gasteiger partial charge in [-0.1, -0.05) is 26.7 Å². The van der Waals surface area contributed by atoms with Crippen LogP contribution < -0.4 is 0 Å². The van der Waals surface area contributed by atoms with Crippen molar-refractivity contribution in [2.45, 2.75) is 33.1 Å². The highest BCUT2D eigenvalue weighted by Crippen LogP contribution is 2.04. The molecular formula is C7H15O. The Labute approximate surface area is 51.7 Å². The summed E-state index contributed by atoms with van der Waals surface area (Å²) in [6, 6.07) is 0. The first kappa shape index (κ1) is 7.96. The van der Waals surface area contributed by atoms with Gasteiger partial charge in [0.25, 0.3) is 0 Å². The van der Waals surface area contributed by atoms with Gasteiger partial charge in [0.05, 0.1) is 6.61 Å². The summed E-state index contributed by atoms with van der Waals surface area (Å²) < 4.78 is 0. The number of unbranched alkanes of at least 4 members (excludes halogenated alkanes) is 1. The van der Waals surface area contributed by atoms with Crippen LogP contribution in [0.1, 0.15) is 33.1 Å². The molecule has 0 aromatic rings. The van der Waals surface area contributed by atoms with E-state index in [0.29, 0.717) is 0 Å². The maximum Gasteiger partial charge on any atom is 0.0822 e. The first-order valence-electron chi connectivity index (χ1n) is 3.35. The molecule has 49 valence electrons. The normalized spacial score (nSPS) is 10.5. The Morgan fingerprint density at radius 3 is 2.25 bits per heavy atom. The van der Waals surface area contributed by atoms with E-state index in [1.807, 2.05) is 0 Å². The third-order valence-corrected chi connectivity index (χ3v) is 1.18. The van der Waals surface area contributed by atoms with Crippen LogP contribution in [0.25, 0.3) is 0 Å². The monoisotopic (exact) mass is 115 g/mol. The molecule has 0 saturated heterocycles. The molecule has 0 aliphatic heterocycles. The van der Waals surface area contributed by atoms with Crippen LogP contribution in [-0.4, -0.2) is 6.61 Å². The van der Waals surface area contributed by atoms with E-state index in [4.69, 9.17) is 0 Å². The molecule has 0 fully saturated rings. The minimum atomic E-state index is 0.104. The van der Waals surface area contributed by atoms with Crippen molar-refractivity contribution in [3.8, 4) is 0 Å². The molecular weight excluding hydrogens is 100 g/mol. The lowest BCUT2D eigenvalue weighted by Gasteiger charge is -1.99. The molecule has 0 aromatic carbocycles. The lowest BCUT2D eigenvalue weighted by atomic mass is 10.1. The molecule has 0 rings (SSSR count). The second-order valence-electron chi connectivity index (χ2n) is 2.59. The van der Waals surface area contributed by atoms with Crippen LogP contribution >= 0.6 is 0 Å². The third-order valence-electron chi connectivity index (χ3n) is 1.18. The Hall–Kier alpha value is -0.0400. The first-order valence-corrected chi connectivity index (χ1v) is 3.35. The molecule has 1 nitrogen and oxygen atoms in total. The van der Waals surface area contributed by atoms with Crippen molar-refractivity contribution in [1.82, 2.24) is 0 Å². The molecule has 1 heteroatoms. The maximum atomic E-state index is 9.91. The zero-order chi connectivity index (χ0) is 6.41. The fourth-order valence-corrected chi connectivity index (χ4v) is 0.655. The Balaban J connectivity index is 2.72. The predicted molar refractivity (Wildman–Crippen MR) is 34.2 cm³/mol. The highest BCUT2D eigenvalue weighted by Gasteiger charge is 1.91. The Kier molecular flexibility index (Phi) is 5.08. The average molecular weight is 115 g/mol. The van der Waals surface area contributed by atoms with E-state index in [1.165, 1.54) is 6.42 Å². The van der Waals surface area contributed by atoms with Crippen LogP contribution in [0.5, 0.6) is 0 Å². The number of rotatable bonds is 4. The summed E-state index contributed by atoms with van der Waals surface area (Å²) in [6.07, 6.45) is 3.18. The van der Waals surface area contributed by atoms with Gasteiger partial charge >= 0.3 is 0 Å². The van der Waals surface area contributed by atoms with E-state index in [2.05, 4.69) is 13.8 Å². The van der Waals surface area contributed by atoms with Gasteiger partial charge in [-0.15, -0.1) is 0 Å². The average Bonchev–Trinajstić information content (AvgIpc) is 1.66. The summed E-state index contributed by atoms with van der Waals surface area (Å²) in [4.78, 5) is 0. The molecule has 0 atom stereocenters. The molecule has 0 amide bonds. The van der Waals surface area contributed by atoms with Crippen LogP contribution in [0.4, 0.5) is 0 Å².